The van der Waals surface area contributed by atoms with E-state index in [0.717, 1.165) is 22.0 Å². The van der Waals surface area contributed by atoms with E-state index in [4.69, 9.17) is 0 Å². The number of pyridine rings is 1. The summed E-state index contributed by atoms with van der Waals surface area (Å²) < 4.78 is 0. The number of aryl methyl sites for hydroxylation is 1. The van der Waals surface area contributed by atoms with E-state index < -0.39 is 0 Å². The maximum atomic E-state index is 12.3. The molecule has 0 aliphatic carbocycles. The molecule has 20 heavy (non-hydrogen) atoms. The van der Waals surface area contributed by atoms with Crippen molar-refractivity contribution < 1.29 is 4.79 Å². The van der Waals surface area contributed by atoms with Crippen LogP contribution in [0.3, 0.4) is 0 Å². The van der Waals surface area contributed by atoms with Gasteiger partial charge in [-0.3, -0.25) is 9.78 Å². The predicted molar refractivity (Wildman–Crippen MR) is 80.9 cm³/mol. The number of nitrogens with zero attached hydrogens (tertiary/aromatic N) is 1. The Kier molecular flexibility index (Phi) is 3.17. The number of hydrogen-bond donors (Lipinski definition) is 1. The number of amides is 1. The van der Waals surface area contributed by atoms with Crippen LogP contribution in [0.4, 0.5) is 5.69 Å². The summed E-state index contributed by atoms with van der Waals surface area (Å²) in [7, 11) is 0. The normalized spacial score (nSPS) is 10.4. The molecule has 0 spiro atoms. The van der Waals surface area contributed by atoms with E-state index in [1.807, 2.05) is 61.5 Å². The molecular formula is C17H14N2O. The molecule has 0 bridgehead atoms. The van der Waals surface area contributed by atoms with Gasteiger partial charge < -0.3 is 5.32 Å². The first-order valence-electron chi connectivity index (χ1n) is 6.46. The van der Waals surface area contributed by atoms with E-state index in [1.54, 1.807) is 6.20 Å². The standard InChI is InChI=1S/C17H14N2O/c1-12-6-5-11-18-16(12)17(20)19-15-10-4-8-13-7-2-3-9-14(13)15/h2-11H,1H3,(H,19,20). The van der Waals surface area contributed by atoms with Crippen LogP contribution in [0.2, 0.25) is 0 Å². The fraction of sp³-hybridized carbons (Fsp3) is 0.0588. The largest absolute Gasteiger partial charge is 0.320 e. The molecule has 3 nitrogen and oxygen atoms in total. The zero-order chi connectivity index (χ0) is 13.9. The van der Waals surface area contributed by atoms with E-state index >= 15 is 0 Å². The maximum Gasteiger partial charge on any atom is 0.274 e. The van der Waals surface area contributed by atoms with Gasteiger partial charge in [0.1, 0.15) is 5.69 Å². The molecule has 1 aromatic heterocycles. The molecule has 0 saturated heterocycles. The number of fused-ring (bicyclic) bond motifs is 1. The minimum atomic E-state index is -0.181. The lowest BCUT2D eigenvalue weighted by Crippen LogP contribution is -2.15. The Morgan fingerprint density at radius 1 is 1.00 bits per heavy atom. The van der Waals surface area contributed by atoms with Gasteiger partial charge in [-0.15, -0.1) is 0 Å². The first-order valence-corrected chi connectivity index (χ1v) is 6.46. The molecule has 0 fully saturated rings. The number of benzene rings is 2. The number of aromatic nitrogens is 1. The third kappa shape index (κ3) is 2.26. The van der Waals surface area contributed by atoms with Crippen molar-refractivity contribution in [3.8, 4) is 0 Å². The lowest BCUT2D eigenvalue weighted by molar-refractivity contribution is 0.102. The molecule has 0 saturated carbocycles. The summed E-state index contributed by atoms with van der Waals surface area (Å²) in [6, 6.07) is 17.5. The van der Waals surface area contributed by atoms with E-state index in [9.17, 15) is 4.79 Å². The second-order valence-corrected chi connectivity index (χ2v) is 4.65. The number of hydrogen-bond acceptors (Lipinski definition) is 2. The van der Waals surface area contributed by atoms with Crippen molar-refractivity contribution >= 4 is 22.4 Å². The summed E-state index contributed by atoms with van der Waals surface area (Å²) in [6.45, 7) is 1.88. The average Bonchev–Trinajstić information content (AvgIpc) is 2.48. The van der Waals surface area contributed by atoms with Crippen molar-refractivity contribution in [1.29, 1.82) is 0 Å². The molecule has 1 amide bonds. The summed E-state index contributed by atoms with van der Waals surface area (Å²) in [4.78, 5) is 16.4. The predicted octanol–water partition coefficient (Wildman–Crippen LogP) is 3.80. The smallest absolute Gasteiger partial charge is 0.274 e. The zero-order valence-electron chi connectivity index (χ0n) is 11.1. The molecule has 1 N–H and O–H groups in total. The molecule has 3 heteroatoms. The molecule has 0 aliphatic heterocycles. The number of rotatable bonds is 2. The van der Waals surface area contributed by atoms with Crippen molar-refractivity contribution in [2.75, 3.05) is 5.32 Å². The average molecular weight is 262 g/mol. The van der Waals surface area contributed by atoms with Gasteiger partial charge in [0.2, 0.25) is 0 Å². The van der Waals surface area contributed by atoms with Crippen LogP contribution in [0.1, 0.15) is 16.1 Å². The van der Waals surface area contributed by atoms with Crippen LogP contribution in [0.5, 0.6) is 0 Å². The lowest BCUT2D eigenvalue weighted by Gasteiger charge is -2.09. The fourth-order valence-electron chi connectivity index (χ4n) is 2.24. The van der Waals surface area contributed by atoms with Gasteiger partial charge >= 0.3 is 0 Å². The van der Waals surface area contributed by atoms with E-state index in [0.29, 0.717) is 5.69 Å². The first-order chi connectivity index (χ1) is 9.75. The summed E-state index contributed by atoms with van der Waals surface area (Å²) in [5, 5.41) is 5.07. The Balaban J connectivity index is 1.98. The Morgan fingerprint density at radius 3 is 2.65 bits per heavy atom. The van der Waals surface area contributed by atoms with Crippen LogP contribution in [-0.4, -0.2) is 10.9 Å². The summed E-state index contributed by atoms with van der Waals surface area (Å²) in [5.41, 5.74) is 2.13. The minimum Gasteiger partial charge on any atom is -0.320 e. The van der Waals surface area contributed by atoms with E-state index in [-0.39, 0.29) is 5.91 Å². The van der Waals surface area contributed by atoms with Crippen molar-refractivity contribution in [3.05, 3.63) is 72.1 Å². The monoisotopic (exact) mass is 262 g/mol. The molecule has 2 aromatic carbocycles. The number of anilines is 1. The molecule has 3 rings (SSSR count). The topological polar surface area (TPSA) is 42.0 Å². The molecule has 1 heterocycles. The van der Waals surface area contributed by atoms with Gasteiger partial charge in [0.05, 0.1) is 0 Å². The van der Waals surface area contributed by atoms with Gasteiger partial charge in [-0.2, -0.15) is 0 Å². The Morgan fingerprint density at radius 2 is 1.80 bits per heavy atom. The van der Waals surface area contributed by atoms with Gasteiger partial charge in [0.15, 0.2) is 0 Å². The van der Waals surface area contributed by atoms with E-state index in [1.165, 1.54) is 0 Å². The summed E-state index contributed by atoms with van der Waals surface area (Å²) in [5.74, 6) is -0.181. The van der Waals surface area contributed by atoms with Crippen LogP contribution in [0.25, 0.3) is 10.8 Å². The quantitative estimate of drug-likeness (QED) is 0.763. The third-order valence-electron chi connectivity index (χ3n) is 3.26. The van der Waals surface area contributed by atoms with Gasteiger partial charge in [-0.1, -0.05) is 42.5 Å². The highest BCUT2D eigenvalue weighted by atomic mass is 16.1. The van der Waals surface area contributed by atoms with Crippen molar-refractivity contribution in [2.45, 2.75) is 6.92 Å². The second-order valence-electron chi connectivity index (χ2n) is 4.65. The Labute approximate surface area is 117 Å². The maximum absolute atomic E-state index is 12.3. The molecular weight excluding hydrogens is 248 g/mol. The molecule has 98 valence electrons. The summed E-state index contributed by atoms with van der Waals surface area (Å²) >= 11 is 0. The van der Waals surface area contributed by atoms with Crippen LogP contribution in [0.15, 0.2) is 60.8 Å². The van der Waals surface area contributed by atoms with Crippen molar-refractivity contribution in [1.82, 2.24) is 4.98 Å². The highest BCUT2D eigenvalue weighted by molar-refractivity contribution is 6.08. The lowest BCUT2D eigenvalue weighted by atomic mass is 10.1. The first kappa shape index (κ1) is 12.4. The molecule has 0 atom stereocenters. The second kappa shape index (κ2) is 5.13. The molecule has 0 unspecified atom stereocenters. The van der Waals surface area contributed by atoms with Crippen LogP contribution < -0.4 is 5.32 Å². The van der Waals surface area contributed by atoms with Crippen molar-refractivity contribution in [3.63, 3.8) is 0 Å². The minimum absolute atomic E-state index is 0.181. The fourth-order valence-corrected chi connectivity index (χ4v) is 2.24. The Hall–Kier alpha value is -2.68. The van der Waals surface area contributed by atoms with Crippen LogP contribution >= 0.6 is 0 Å². The molecule has 0 aliphatic rings. The van der Waals surface area contributed by atoms with Gasteiger partial charge in [0, 0.05) is 17.3 Å². The van der Waals surface area contributed by atoms with Gasteiger partial charge in [-0.25, -0.2) is 0 Å². The molecule has 0 radical (unpaired) electrons. The highest BCUT2D eigenvalue weighted by Gasteiger charge is 2.11. The number of carbonyl (C=O) groups excluding carboxylic acids is 1. The number of carbonyl (C=O) groups is 1. The SMILES string of the molecule is Cc1cccnc1C(=O)Nc1cccc2ccccc12. The van der Waals surface area contributed by atoms with Crippen LogP contribution in [-0.2, 0) is 0 Å². The van der Waals surface area contributed by atoms with E-state index in [2.05, 4.69) is 10.3 Å². The third-order valence-corrected chi connectivity index (χ3v) is 3.26. The van der Waals surface area contributed by atoms with Gasteiger partial charge in [-0.05, 0) is 30.0 Å². The Bertz CT molecular complexity index is 775. The van der Waals surface area contributed by atoms with Crippen LogP contribution in [0, 0.1) is 6.92 Å². The van der Waals surface area contributed by atoms with Gasteiger partial charge in [0.25, 0.3) is 5.91 Å². The molecule has 3 aromatic rings. The highest BCUT2D eigenvalue weighted by Crippen LogP contribution is 2.23. The number of nitrogens with one attached hydrogen (secondary N) is 1. The summed E-state index contributed by atoms with van der Waals surface area (Å²) in [6.07, 6.45) is 1.63. The zero-order valence-corrected chi connectivity index (χ0v) is 11.1. The van der Waals surface area contributed by atoms with Crippen molar-refractivity contribution in [2.24, 2.45) is 0 Å².